The Morgan fingerprint density at radius 3 is 2.89 bits per heavy atom. The van der Waals surface area contributed by atoms with E-state index in [2.05, 4.69) is 46.3 Å². The summed E-state index contributed by atoms with van der Waals surface area (Å²) in [5, 5.41) is 0. The highest BCUT2D eigenvalue weighted by Gasteiger charge is 2.22. The molecule has 3 nitrogen and oxygen atoms in total. The molecule has 0 fully saturated rings. The Morgan fingerprint density at radius 2 is 2.05 bits per heavy atom. The molecule has 0 bridgehead atoms. The second-order valence-electron chi connectivity index (χ2n) is 5.15. The van der Waals surface area contributed by atoms with Gasteiger partial charge in [-0.3, -0.25) is 4.98 Å². The van der Waals surface area contributed by atoms with E-state index < -0.39 is 0 Å². The first-order valence-electron chi connectivity index (χ1n) is 6.76. The van der Waals surface area contributed by atoms with Gasteiger partial charge in [0.05, 0.1) is 12.2 Å². The Balaban J connectivity index is 1.89. The standard InChI is InChI=1S/C16H19N3/c1-12-5-4-6-13(18-12)11-19-10-9-15(17)14-7-2-3-8-16(14)19/h2-8,15H,9-11,17H2,1H3. The SMILES string of the molecule is Cc1cccc(CN2CCC(N)c3ccccc32)n1. The number of pyridine rings is 1. The second kappa shape index (κ2) is 5.02. The molecule has 1 unspecified atom stereocenters. The molecule has 1 aromatic heterocycles. The third-order valence-corrected chi connectivity index (χ3v) is 3.69. The van der Waals surface area contributed by atoms with Gasteiger partial charge < -0.3 is 10.6 Å². The lowest BCUT2D eigenvalue weighted by molar-refractivity contribution is 0.587. The van der Waals surface area contributed by atoms with Gasteiger partial charge in [0.2, 0.25) is 0 Å². The summed E-state index contributed by atoms with van der Waals surface area (Å²) < 4.78 is 0. The van der Waals surface area contributed by atoms with Crippen molar-refractivity contribution in [3.8, 4) is 0 Å². The third-order valence-electron chi connectivity index (χ3n) is 3.69. The molecule has 19 heavy (non-hydrogen) atoms. The van der Waals surface area contributed by atoms with Crippen molar-refractivity contribution in [1.29, 1.82) is 0 Å². The Bertz CT molecular complexity index is 580. The molecule has 0 radical (unpaired) electrons. The van der Waals surface area contributed by atoms with Crippen LogP contribution in [-0.2, 0) is 6.54 Å². The summed E-state index contributed by atoms with van der Waals surface area (Å²) in [5.41, 5.74) is 10.9. The molecule has 1 atom stereocenters. The average Bonchev–Trinajstić information content (AvgIpc) is 2.42. The summed E-state index contributed by atoms with van der Waals surface area (Å²) >= 11 is 0. The van der Waals surface area contributed by atoms with E-state index >= 15 is 0 Å². The molecule has 2 heterocycles. The number of rotatable bonds is 2. The number of aromatic nitrogens is 1. The van der Waals surface area contributed by atoms with Gasteiger partial charge in [-0.2, -0.15) is 0 Å². The number of fused-ring (bicyclic) bond motifs is 1. The van der Waals surface area contributed by atoms with E-state index in [-0.39, 0.29) is 6.04 Å². The first-order chi connectivity index (χ1) is 9.24. The first-order valence-corrected chi connectivity index (χ1v) is 6.76. The topological polar surface area (TPSA) is 42.1 Å². The van der Waals surface area contributed by atoms with E-state index in [0.717, 1.165) is 30.9 Å². The number of aryl methyl sites for hydroxylation is 1. The lowest BCUT2D eigenvalue weighted by Gasteiger charge is -2.34. The summed E-state index contributed by atoms with van der Waals surface area (Å²) in [7, 11) is 0. The van der Waals surface area contributed by atoms with Crippen LogP contribution in [0, 0.1) is 6.92 Å². The zero-order chi connectivity index (χ0) is 13.2. The third kappa shape index (κ3) is 2.47. The van der Waals surface area contributed by atoms with Crippen molar-refractivity contribution in [2.75, 3.05) is 11.4 Å². The molecule has 0 saturated heterocycles. The number of hydrogen-bond acceptors (Lipinski definition) is 3. The van der Waals surface area contributed by atoms with Crippen molar-refractivity contribution < 1.29 is 0 Å². The molecule has 0 aliphatic carbocycles. The van der Waals surface area contributed by atoms with Gasteiger partial charge in [0.1, 0.15) is 0 Å². The number of nitrogens with two attached hydrogens (primary N) is 1. The van der Waals surface area contributed by atoms with E-state index in [1.54, 1.807) is 0 Å². The maximum Gasteiger partial charge on any atom is 0.0602 e. The highest BCUT2D eigenvalue weighted by molar-refractivity contribution is 5.57. The molecule has 98 valence electrons. The molecule has 0 saturated carbocycles. The monoisotopic (exact) mass is 253 g/mol. The summed E-state index contributed by atoms with van der Waals surface area (Å²) in [6.45, 7) is 3.88. The molecule has 3 rings (SSSR count). The second-order valence-corrected chi connectivity index (χ2v) is 5.15. The zero-order valence-corrected chi connectivity index (χ0v) is 11.2. The maximum atomic E-state index is 6.18. The van der Waals surface area contributed by atoms with Crippen molar-refractivity contribution in [2.45, 2.75) is 25.9 Å². The van der Waals surface area contributed by atoms with Crippen molar-refractivity contribution in [1.82, 2.24) is 4.98 Å². The largest absolute Gasteiger partial charge is 0.365 e. The minimum atomic E-state index is 0.165. The van der Waals surface area contributed by atoms with Crippen LogP contribution in [0.25, 0.3) is 0 Å². The number of anilines is 1. The predicted molar refractivity (Wildman–Crippen MR) is 78.0 cm³/mol. The van der Waals surface area contributed by atoms with Crippen molar-refractivity contribution in [3.05, 3.63) is 59.4 Å². The molecule has 0 amide bonds. The van der Waals surface area contributed by atoms with E-state index in [1.807, 2.05) is 13.0 Å². The molecule has 3 heteroatoms. The highest BCUT2D eigenvalue weighted by Crippen LogP contribution is 2.32. The average molecular weight is 253 g/mol. The minimum absolute atomic E-state index is 0.165. The van der Waals surface area contributed by atoms with Crippen molar-refractivity contribution in [2.24, 2.45) is 5.73 Å². The van der Waals surface area contributed by atoms with Gasteiger partial charge in [0.25, 0.3) is 0 Å². The van der Waals surface area contributed by atoms with E-state index in [4.69, 9.17) is 5.73 Å². The fraction of sp³-hybridized carbons (Fsp3) is 0.312. The Labute approximate surface area is 114 Å². The van der Waals surface area contributed by atoms with Crippen LogP contribution in [0.15, 0.2) is 42.5 Å². The number of para-hydroxylation sites is 1. The highest BCUT2D eigenvalue weighted by atomic mass is 15.1. The van der Waals surface area contributed by atoms with Gasteiger partial charge in [-0.05, 0) is 37.1 Å². The van der Waals surface area contributed by atoms with Crippen LogP contribution in [0.1, 0.15) is 29.4 Å². The fourth-order valence-corrected chi connectivity index (χ4v) is 2.71. The van der Waals surface area contributed by atoms with Crippen LogP contribution in [0.4, 0.5) is 5.69 Å². The van der Waals surface area contributed by atoms with Crippen LogP contribution in [0.5, 0.6) is 0 Å². The van der Waals surface area contributed by atoms with Gasteiger partial charge in [0, 0.05) is 24.0 Å². The lowest BCUT2D eigenvalue weighted by atomic mass is 9.97. The van der Waals surface area contributed by atoms with Gasteiger partial charge in [-0.1, -0.05) is 24.3 Å². The maximum absolute atomic E-state index is 6.18. The molecule has 2 N–H and O–H groups in total. The van der Waals surface area contributed by atoms with E-state index in [0.29, 0.717) is 0 Å². The van der Waals surface area contributed by atoms with Crippen LogP contribution in [-0.4, -0.2) is 11.5 Å². The van der Waals surface area contributed by atoms with E-state index in [1.165, 1.54) is 11.3 Å². The Kier molecular flexibility index (Phi) is 3.22. The van der Waals surface area contributed by atoms with Gasteiger partial charge in [0.15, 0.2) is 0 Å². The van der Waals surface area contributed by atoms with Crippen molar-refractivity contribution in [3.63, 3.8) is 0 Å². The van der Waals surface area contributed by atoms with Crippen LogP contribution in [0.2, 0.25) is 0 Å². The normalized spacial score (nSPS) is 18.2. The summed E-state index contributed by atoms with van der Waals surface area (Å²) in [6, 6.07) is 14.8. The first kappa shape index (κ1) is 12.2. The molecule has 2 aromatic rings. The van der Waals surface area contributed by atoms with Crippen LogP contribution < -0.4 is 10.6 Å². The Hall–Kier alpha value is -1.87. The lowest BCUT2D eigenvalue weighted by Crippen LogP contribution is -2.33. The molecular formula is C16H19N3. The van der Waals surface area contributed by atoms with Gasteiger partial charge in [-0.25, -0.2) is 0 Å². The van der Waals surface area contributed by atoms with Crippen LogP contribution >= 0.6 is 0 Å². The number of hydrogen-bond donors (Lipinski definition) is 1. The minimum Gasteiger partial charge on any atom is -0.365 e. The van der Waals surface area contributed by atoms with Crippen molar-refractivity contribution >= 4 is 5.69 Å². The van der Waals surface area contributed by atoms with Gasteiger partial charge >= 0.3 is 0 Å². The summed E-state index contributed by atoms with van der Waals surface area (Å²) in [5.74, 6) is 0. The summed E-state index contributed by atoms with van der Waals surface area (Å²) in [4.78, 5) is 6.96. The van der Waals surface area contributed by atoms with Crippen LogP contribution in [0.3, 0.4) is 0 Å². The molecule has 1 aliphatic rings. The molecular weight excluding hydrogens is 234 g/mol. The molecule has 1 aliphatic heterocycles. The zero-order valence-electron chi connectivity index (χ0n) is 11.2. The fourth-order valence-electron chi connectivity index (χ4n) is 2.71. The number of nitrogens with zero attached hydrogens (tertiary/aromatic N) is 2. The number of benzene rings is 1. The quantitative estimate of drug-likeness (QED) is 0.895. The Morgan fingerprint density at radius 1 is 1.21 bits per heavy atom. The summed E-state index contributed by atoms with van der Waals surface area (Å²) in [6.07, 6.45) is 1.00. The smallest absolute Gasteiger partial charge is 0.0602 e. The molecule has 1 aromatic carbocycles. The molecule has 0 spiro atoms. The van der Waals surface area contributed by atoms with Gasteiger partial charge in [-0.15, -0.1) is 0 Å². The van der Waals surface area contributed by atoms with E-state index in [9.17, 15) is 0 Å². The predicted octanol–water partition coefficient (Wildman–Crippen LogP) is 2.80.